The van der Waals surface area contributed by atoms with Crippen LogP contribution in [0.3, 0.4) is 0 Å². The molecule has 3 N–H and O–H groups in total. The Hall–Kier alpha value is -4.54. The number of carboxylic acids is 1. The largest absolute Gasteiger partial charge is 0.481 e. The van der Waals surface area contributed by atoms with E-state index in [-0.39, 0.29) is 24.6 Å². The van der Waals surface area contributed by atoms with Gasteiger partial charge in [-0.25, -0.2) is 0 Å². The van der Waals surface area contributed by atoms with E-state index in [1.807, 2.05) is 6.07 Å². The fourth-order valence-electron chi connectivity index (χ4n) is 3.90. The summed E-state index contributed by atoms with van der Waals surface area (Å²) in [6.45, 7) is 0.615. The van der Waals surface area contributed by atoms with Crippen molar-refractivity contribution >= 4 is 47.3 Å². The second kappa shape index (κ2) is 11.7. The van der Waals surface area contributed by atoms with Gasteiger partial charge in [0.1, 0.15) is 18.9 Å². The molecule has 0 spiro atoms. The van der Waals surface area contributed by atoms with Gasteiger partial charge in [0.05, 0.1) is 36.8 Å². The third-order valence-electron chi connectivity index (χ3n) is 5.52. The number of carbonyl (C=O) groups excluding carboxylic acids is 5. The van der Waals surface area contributed by atoms with Crippen LogP contribution in [0, 0.1) is 0 Å². The molecule has 188 valence electrons. The summed E-state index contributed by atoms with van der Waals surface area (Å²) in [5.41, 5.74) is 1.36. The molecule has 0 radical (unpaired) electrons. The second-order valence-electron chi connectivity index (χ2n) is 8.23. The van der Waals surface area contributed by atoms with E-state index in [4.69, 9.17) is 5.11 Å². The van der Waals surface area contributed by atoms with Crippen molar-refractivity contribution in [1.29, 1.82) is 0 Å². The summed E-state index contributed by atoms with van der Waals surface area (Å²) >= 11 is 0. The van der Waals surface area contributed by atoms with Gasteiger partial charge in [0.15, 0.2) is 0 Å². The lowest BCUT2D eigenvalue weighted by Gasteiger charge is -2.25. The topological polar surface area (TPSA) is 153 Å². The maximum atomic E-state index is 13.6. The van der Waals surface area contributed by atoms with Gasteiger partial charge in [0.25, 0.3) is 5.91 Å². The molecule has 0 saturated heterocycles. The summed E-state index contributed by atoms with van der Waals surface area (Å²) in [5, 5.41) is 13.9. The van der Waals surface area contributed by atoms with E-state index in [2.05, 4.69) is 10.6 Å². The van der Waals surface area contributed by atoms with Crippen LogP contribution in [-0.4, -0.2) is 66.2 Å². The van der Waals surface area contributed by atoms with Gasteiger partial charge in [-0.15, -0.1) is 0 Å². The van der Waals surface area contributed by atoms with Crippen LogP contribution in [0.5, 0.6) is 0 Å². The number of carboxylic acid groups (broad SMARTS) is 1. The Morgan fingerprint density at radius 2 is 1.67 bits per heavy atom. The second-order valence-corrected chi connectivity index (χ2v) is 8.23. The van der Waals surface area contributed by atoms with E-state index in [9.17, 15) is 28.8 Å². The van der Waals surface area contributed by atoms with Crippen LogP contribution in [0.1, 0.15) is 18.9 Å². The lowest BCUT2D eigenvalue weighted by atomic mass is 10.1. The number of anilines is 2. The Morgan fingerprint density at radius 3 is 2.28 bits per heavy atom. The first kappa shape index (κ1) is 26.1. The maximum absolute atomic E-state index is 13.6. The quantitative estimate of drug-likeness (QED) is 0.423. The molecule has 1 aliphatic rings. The van der Waals surface area contributed by atoms with E-state index in [0.717, 1.165) is 10.5 Å². The number of nitrogens with zero attached hydrogens (tertiary/aromatic N) is 2. The summed E-state index contributed by atoms with van der Waals surface area (Å²) in [5.74, 6) is -3.50. The van der Waals surface area contributed by atoms with Crippen molar-refractivity contribution in [3.63, 3.8) is 0 Å². The van der Waals surface area contributed by atoms with Crippen LogP contribution >= 0.6 is 0 Å². The summed E-state index contributed by atoms with van der Waals surface area (Å²) in [6.07, 6.45) is -0.307. The number of fused-ring (bicyclic) bond motifs is 1. The molecule has 2 atom stereocenters. The van der Waals surface area contributed by atoms with Crippen LogP contribution < -0.4 is 20.4 Å². The summed E-state index contributed by atoms with van der Waals surface area (Å²) < 4.78 is 0. The monoisotopic (exact) mass is 494 g/mol. The van der Waals surface area contributed by atoms with Gasteiger partial charge in [0, 0.05) is 6.92 Å². The Balaban J connectivity index is 1.88. The van der Waals surface area contributed by atoms with Crippen molar-refractivity contribution in [2.45, 2.75) is 31.8 Å². The average molecular weight is 495 g/mol. The fourth-order valence-corrected chi connectivity index (χ4v) is 3.90. The standard InChI is InChI=1S/C25H26N4O7/c1-16(31)28-13-19(27-22(32)11-17-7-3-2-4-8-17)25(36)29(21-10-6-5-9-20(21)28)14-23(33)26-18(15-30)12-24(34)35/h2-10,15,18-19H,11-14H2,1H3,(H,26,33)(H,27,32)(H,34,35). The zero-order chi connectivity index (χ0) is 26.2. The summed E-state index contributed by atoms with van der Waals surface area (Å²) in [6, 6.07) is 12.9. The molecule has 36 heavy (non-hydrogen) atoms. The normalized spacial score (nSPS) is 15.8. The lowest BCUT2D eigenvalue weighted by molar-refractivity contribution is -0.139. The molecular weight excluding hydrogens is 468 g/mol. The Kier molecular flexibility index (Phi) is 8.50. The van der Waals surface area contributed by atoms with Gasteiger partial charge >= 0.3 is 5.97 Å². The van der Waals surface area contributed by atoms with Crippen molar-refractivity contribution in [3.05, 3.63) is 60.2 Å². The van der Waals surface area contributed by atoms with E-state index in [0.29, 0.717) is 12.0 Å². The van der Waals surface area contributed by atoms with E-state index < -0.39 is 48.7 Å². The molecule has 11 heteroatoms. The molecule has 0 aliphatic carbocycles. The third kappa shape index (κ3) is 6.53. The molecule has 0 fully saturated rings. The zero-order valence-corrected chi connectivity index (χ0v) is 19.5. The van der Waals surface area contributed by atoms with E-state index in [1.165, 1.54) is 11.8 Å². The smallest absolute Gasteiger partial charge is 0.305 e. The molecule has 2 unspecified atom stereocenters. The van der Waals surface area contributed by atoms with Gasteiger partial charge in [-0.05, 0) is 17.7 Å². The predicted octanol–water partition coefficient (Wildman–Crippen LogP) is 0.272. The number of para-hydroxylation sites is 2. The van der Waals surface area contributed by atoms with Crippen LogP contribution in [0.4, 0.5) is 11.4 Å². The Bertz CT molecular complexity index is 1170. The highest BCUT2D eigenvalue weighted by Gasteiger charge is 2.37. The van der Waals surface area contributed by atoms with Crippen molar-refractivity contribution in [3.8, 4) is 0 Å². The first-order valence-corrected chi connectivity index (χ1v) is 11.2. The van der Waals surface area contributed by atoms with Crippen molar-refractivity contribution in [2.24, 2.45) is 0 Å². The molecule has 0 aromatic heterocycles. The Morgan fingerprint density at radius 1 is 1.03 bits per heavy atom. The number of rotatable bonds is 9. The first-order chi connectivity index (χ1) is 17.2. The number of aldehydes is 1. The third-order valence-corrected chi connectivity index (χ3v) is 5.52. The molecule has 1 heterocycles. The highest BCUT2D eigenvalue weighted by atomic mass is 16.4. The molecule has 4 amide bonds. The summed E-state index contributed by atoms with van der Waals surface area (Å²) in [7, 11) is 0. The minimum absolute atomic E-state index is 0.00826. The van der Waals surface area contributed by atoms with Crippen LogP contribution in [0.2, 0.25) is 0 Å². The Labute approximate surface area is 207 Å². The molecule has 1 aliphatic heterocycles. The van der Waals surface area contributed by atoms with Gasteiger partial charge in [-0.3, -0.25) is 28.9 Å². The first-order valence-electron chi connectivity index (χ1n) is 11.2. The number of hydrogen-bond donors (Lipinski definition) is 3. The van der Waals surface area contributed by atoms with Gasteiger partial charge < -0.3 is 25.4 Å². The highest BCUT2D eigenvalue weighted by molar-refractivity contribution is 6.10. The molecule has 3 rings (SSSR count). The van der Waals surface area contributed by atoms with Gasteiger partial charge in [-0.2, -0.15) is 0 Å². The van der Waals surface area contributed by atoms with Crippen LogP contribution in [-0.2, 0) is 35.2 Å². The highest BCUT2D eigenvalue weighted by Crippen LogP contribution is 2.32. The zero-order valence-electron chi connectivity index (χ0n) is 19.5. The van der Waals surface area contributed by atoms with E-state index >= 15 is 0 Å². The fraction of sp³-hybridized carbons (Fsp3) is 0.280. The molecule has 0 bridgehead atoms. The minimum Gasteiger partial charge on any atom is -0.481 e. The van der Waals surface area contributed by atoms with Gasteiger partial charge in [0.2, 0.25) is 17.7 Å². The van der Waals surface area contributed by atoms with Crippen LogP contribution in [0.25, 0.3) is 0 Å². The molecule has 0 saturated carbocycles. The maximum Gasteiger partial charge on any atom is 0.305 e. The molecular formula is C25H26N4O7. The van der Waals surface area contributed by atoms with Crippen molar-refractivity contribution < 1.29 is 33.9 Å². The van der Waals surface area contributed by atoms with Crippen LogP contribution in [0.15, 0.2) is 54.6 Å². The molecule has 2 aromatic rings. The van der Waals surface area contributed by atoms with Crippen molar-refractivity contribution in [2.75, 3.05) is 22.9 Å². The minimum atomic E-state index is -1.28. The van der Waals surface area contributed by atoms with E-state index in [1.54, 1.807) is 48.5 Å². The summed E-state index contributed by atoms with van der Waals surface area (Å²) in [4.78, 5) is 76.0. The number of benzene rings is 2. The van der Waals surface area contributed by atoms with Crippen molar-refractivity contribution in [1.82, 2.24) is 10.6 Å². The average Bonchev–Trinajstić information content (AvgIpc) is 2.94. The lowest BCUT2D eigenvalue weighted by Crippen LogP contribution is -2.55. The number of amides is 4. The SMILES string of the molecule is CC(=O)N1CC(NC(=O)Cc2ccccc2)C(=O)N(CC(=O)NC(C=O)CC(=O)O)c2ccccc21. The predicted molar refractivity (Wildman–Crippen MR) is 129 cm³/mol. The van der Waals surface area contributed by atoms with Gasteiger partial charge in [-0.1, -0.05) is 42.5 Å². The number of hydrogen-bond acceptors (Lipinski definition) is 6. The molecule has 2 aromatic carbocycles. The number of nitrogens with one attached hydrogen (secondary N) is 2. The molecule has 11 nitrogen and oxygen atoms in total. The number of carbonyl (C=O) groups is 6. The number of aliphatic carboxylic acids is 1.